The molecule has 2 heterocycles. The van der Waals surface area contributed by atoms with E-state index in [1.54, 1.807) is 7.11 Å². The number of pyridine rings is 1. The number of H-pyrrole nitrogens is 1. The molecule has 1 unspecified atom stereocenters. The summed E-state index contributed by atoms with van der Waals surface area (Å²) in [6, 6.07) is 3.74. The van der Waals surface area contributed by atoms with Crippen LogP contribution in [0.2, 0.25) is 0 Å². The summed E-state index contributed by atoms with van der Waals surface area (Å²) in [7, 11) is 1.60. The van der Waals surface area contributed by atoms with Gasteiger partial charge >= 0.3 is 0 Å². The van der Waals surface area contributed by atoms with Gasteiger partial charge in [-0.2, -0.15) is 4.98 Å². The van der Waals surface area contributed by atoms with E-state index >= 15 is 0 Å². The Morgan fingerprint density at radius 3 is 2.94 bits per heavy atom. The lowest BCUT2D eigenvalue weighted by atomic mass is 10.1. The highest BCUT2D eigenvalue weighted by Gasteiger charge is 2.08. The van der Waals surface area contributed by atoms with E-state index in [-0.39, 0.29) is 0 Å². The van der Waals surface area contributed by atoms with Gasteiger partial charge in [-0.1, -0.05) is 6.92 Å². The SMILES string of the molecule is COc1ccc2[nH]c(CC(C)CN)nc2n1. The van der Waals surface area contributed by atoms with Crippen LogP contribution in [-0.4, -0.2) is 28.6 Å². The lowest BCUT2D eigenvalue weighted by molar-refractivity contribution is 0.399. The second-order valence-corrected chi connectivity index (χ2v) is 3.95. The molecule has 2 aromatic rings. The number of aromatic nitrogens is 3. The third kappa shape index (κ3) is 2.14. The Hall–Kier alpha value is -1.62. The lowest BCUT2D eigenvalue weighted by Gasteiger charge is -2.03. The van der Waals surface area contributed by atoms with E-state index in [9.17, 15) is 0 Å². The zero-order valence-corrected chi connectivity index (χ0v) is 9.53. The van der Waals surface area contributed by atoms with Gasteiger partial charge in [0.2, 0.25) is 5.88 Å². The number of imidazole rings is 1. The van der Waals surface area contributed by atoms with E-state index in [4.69, 9.17) is 10.5 Å². The van der Waals surface area contributed by atoms with Crippen molar-refractivity contribution in [1.29, 1.82) is 0 Å². The molecule has 0 amide bonds. The number of hydrogen-bond donors (Lipinski definition) is 2. The molecule has 5 nitrogen and oxygen atoms in total. The summed E-state index contributed by atoms with van der Waals surface area (Å²) < 4.78 is 5.05. The molecule has 0 aliphatic rings. The van der Waals surface area contributed by atoms with Crippen molar-refractivity contribution in [3.8, 4) is 5.88 Å². The number of hydrogen-bond acceptors (Lipinski definition) is 4. The van der Waals surface area contributed by atoms with Crippen molar-refractivity contribution < 1.29 is 4.74 Å². The van der Waals surface area contributed by atoms with Crippen molar-refractivity contribution in [2.24, 2.45) is 11.7 Å². The van der Waals surface area contributed by atoms with Gasteiger partial charge in [0.25, 0.3) is 0 Å². The van der Waals surface area contributed by atoms with Crippen LogP contribution in [0.5, 0.6) is 5.88 Å². The summed E-state index contributed by atoms with van der Waals surface area (Å²) in [4.78, 5) is 11.9. The summed E-state index contributed by atoms with van der Waals surface area (Å²) in [5.74, 6) is 1.92. The highest BCUT2D eigenvalue weighted by molar-refractivity contribution is 5.71. The predicted octanol–water partition coefficient (Wildman–Crippen LogP) is 1.10. The minimum Gasteiger partial charge on any atom is -0.481 e. The van der Waals surface area contributed by atoms with Crippen molar-refractivity contribution in [2.75, 3.05) is 13.7 Å². The summed E-state index contributed by atoms with van der Waals surface area (Å²) in [5, 5.41) is 0. The maximum Gasteiger partial charge on any atom is 0.215 e. The van der Waals surface area contributed by atoms with Crippen LogP contribution in [0, 0.1) is 5.92 Å². The van der Waals surface area contributed by atoms with Crippen LogP contribution in [-0.2, 0) is 6.42 Å². The molecule has 2 aromatic heterocycles. The molecule has 3 N–H and O–H groups in total. The standard InChI is InChI=1S/C11H16N4O/c1-7(6-12)5-9-13-8-3-4-10(16-2)15-11(8)14-9/h3-4,7H,5-6,12H2,1-2H3,(H,13,14,15). The van der Waals surface area contributed by atoms with Crippen molar-refractivity contribution in [3.63, 3.8) is 0 Å². The van der Waals surface area contributed by atoms with Crippen LogP contribution in [0.25, 0.3) is 11.2 Å². The molecule has 0 aliphatic heterocycles. The smallest absolute Gasteiger partial charge is 0.215 e. The second kappa shape index (κ2) is 4.49. The average Bonchev–Trinajstić information content (AvgIpc) is 2.69. The third-order valence-electron chi connectivity index (χ3n) is 2.52. The molecule has 16 heavy (non-hydrogen) atoms. The third-order valence-corrected chi connectivity index (χ3v) is 2.52. The maximum absolute atomic E-state index is 5.58. The van der Waals surface area contributed by atoms with Crippen LogP contribution in [0.1, 0.15) is 12.7 Å². The first kappa shape index (κ1) is 10.9. The van der Waals surface area contributed by atoms with Gasteiger partial charge in [-0.3, -0.25) is 0 Å². The van der Waals surface area contributed by atoms with Crippen LogP contribution in [0.3, 0.4) is 0 Å². The zero-order valence-electron chi connectivity index (χ0n) is 9.53. The molecular formula is C11H16N4O. The topological polar surface area (TPSA) is 76.8 Å². The van der Waals surface area contributed by atoms with Gasteiger partial charge in [0, 0.05) is 12.5 Å². The fourth-order valence-electron chi connectivity index (χ4n) is 1.55. The second-order valence-electron chi connectivity index (χ2n) is 3.95. The average molecular weight is 220 g/mol. The van der Waals surface area contributed by atoms with Gasteiger partial charge in [0.1, 0.15) is 5.82 Å². The van der Waals surface area contributed by atoms with E-state index in [0.717, 1.165) is 17.8 Å². The first-order valence-corrected chi connectivity index (χ1v) is 5.32. The van der Waals surface area contributed by atoms with Crippen molar-refractivity contribution in [2.45, 2.75) is 13.3 Å². The molecule has 2 rings (SSSR count). The monoisotopic (exact) mass is 220 g/mol. The van der Waals surface area contributed by atoms with Crippen LogP contribution in [0.4, 0.5) is 0 Å². The first-order chi connectivity index (χ1) is 7.72. The molecular weight excluding hydrogens is 204 g/mol. The Morgan fingerprint density at radius 2 is 2.25 bits per heavy atom. The Balaban J connectivity index is 2.29. The van der Waals surface area contributed by atoms with E-state index in [1.807, 2.05) is 12.1 Å². The predicted molar refractivity (Wildman–Crippen MR) is 62.4 cm³/mol. The molecule has 0 fully saturated rings. The van der Waals surface area contributed by atoms with E-state index < -0.39 is 0 Å². The molecule has 5 heteroatoms. The molecule has 0 spiro atoms. The highest BCUT2D eigenvalue weighted by Crippen LogP contribution is 2.15. The molecule has 1 atom stereocenters. The number of rotatable bonds is 4. The van der Waals surface area contributed by atoms with E-state index in [2.05, 4.69) is 21.9 Å². The number of ether oxygens (including phenoxy) is 1. The molecule has 0 aromatic carbocycles. The number of nitrogens with two attached hydrogens (primary N) is 1. The summed E-state index contributed by atoms with van der Waals surface area (Å²) in [6.07, 6.45) is 0.842. The molecule has 0 radical (unpaired) electrons. The fraction of sp³-hybridized carbons (Fsp3) is 0.455. The van der Waals surface area contributed by atoms with Crippen molar-refractivity contribution >= 4 is 11.2 Å². The van der Waals surface area contributed by atoms with Crippen molar-refractivity contribution in [3.05, 3.63) is 18.0 Å². The maximum atomic E-state index is 5.58. The van der Waals surface area contributed by atoms with Gasteiger partial charge in [0.05, 0.1) is 12.6 Å². The van der Waals surface area contributed by atoms with Gasteiger partial charge < -0.3 is 15.5 Å². The van der Waals surface area contributed by atoms with Crippen LogP contribution in [0.15, 0.2) is 12.1 Å². The molecule has 0 aliphatic carbocycles. The van der Waals surface area contributed by atoms with Gasteiger partial charge in [0.15, 0.2) is 5.65 Å². The Kier molecular flexibility index (Phi) is 3.05. The van der Waals surface area contributed by atoms with Crippen LogP contribution < -0.4 is 10.5 Å². The quantitative estimate of drug-likeness (QED) is 0.809. The Morgan fingerprint density at radius 1 is 1.44 bits per heavy atom. The molecule has 0 saturated heterocycles. The normalized spacial score (nSPS) is 12.9. The molecule has 0 bridgehead atoms. The number of fused-ring (bicyclic) bond motifs is 1. The van der Waals surface area contributed by atoms with E-state index in [1.165, 1.54) is 0 Å². The largest absolute Gasteiger partial charge is 0.481 e. The fourth-order valence-corrected chi connectivity index (χ4v) is 1.55. The van der Waals surface area contributed by atoms with Gasteiger partial charge in [-0.15, -0.1) is 0 Å². The summed E-state index contributed by atoms with van der Waals surface area (Å²) in [5.41, 5.74) is 7.21. The number of nitrogens with zero attached hydrogens (tertiary/aromatic N) is 2. The van der Waals surface area contributed by atoms with Gasteiger partial charge in [-0.25, -0.2) is 4.98 Å². The van der Waals surface area contributed by atoms with Crippen molar-refractivity contribution in [1.82, 2.24) is 15.0 Å². The van der Waals surface area contributed by atoms with Crippen LogP contribution >= 0.6 is 0 Å². The number of aromatic amines is 1. The van der Waals surface area contributed by atoms with Gasteiger partial charge in [-0.05, 0) is 18.5 Å². The number of methoxy groups -OCH3 is 1. The Bertz CT molecular complexity index is 480. The summed E-state index contributed by atoms with van der Waals surface area (Å²) >= 11 is 0. The zero-order chi connectivity index (χ0) is 11.5. The highest BCUT2D eigenvalue weighted by atomic mass is 16.5. The minimum absolute atomic E-state index is 0.419. The van der Waals surface area contributed by atoms with E-state index in [0.29, 0.717) is 24.0 Å². The summed E-state index contributed by atoms with van der Waals surface area (Å²) in [6.45, 7) is 2.76. The molecule has 0 saturated carbocycles. The first-order valence-electron chi connectivity index (χ1n) is 5.32. The minimum atomic E-state index is 0.419. The lowest BCUT2D eigenvalue weighted by Crippen LogP contribution is -2.13. The Labute approximate surface area is 94.0 Å². The number of nitrogens with one attached hydrogen (secondary N) is 1. The molecule has 86 valence electrons.